The zero-order chi connectivity index (χ0) is 16.9. The Kier molecular flexibility index (Phi) is 4.65. The van der Waals surface area contributed by atoms with Crippen molar-refractivity contribution in [3.8, 4) is 0 Å². The van der Waals surface area contributed by atoms with E-state index in [0.29, 0.717) is 11.8 Å². The van der Waals surface area contributed by atoms with Gasteiger partial charge < -0.3 is 4.74 Å². The van der Waals surface area contributed by atoms with Crippen LogP contribution < -0.4 is 5.56 Å². The molecular formula is C18H17N3O3. The molecule has 3 aromatic rings. The van der Waals surface area contributed by atoms with Crippen molar-refractivity contribution in [2.24, 2.45) is 0 Å². The average Bonchev–Trinajstić information content (AvgIpc) is 2.60. The van der Waals surface area contributed by atoms with E-state index in [-0.39, 0.29) is 18.7 Å². The number of ether oxygens (including phenoxy) is 1. The summed E-state index contributed by atoms with van der Waals surface area (Å²) in [5, 5.41) is 5.71. The standard InChI is InChI=1S/C18H17N3O3/c1-2-24-17(22)12-21-18(23)15-8-4-3-7-14(15)16(20-21)10-13-6-5-9-19-11-13/h3-9,11H,2,10,12H2,1H3. The van der Waals surface area contributed by atoms with E-state index in [2.05, 4.69) is 10.1 Å². The van der Waals surface area contributed by atoms with Crippen molar-refractivity contribution in [2.75, 3.05) is 6.61 Å². The summed E-state index contributed by atoms with van der Waals surface area (Å²) in [5.41, 5.74) is 1.41. The molecule has 0 unspecified atom stereocenters. The molecule has 0 aliphatic rings. The Bertz CT molecular complexity index is 920. The van der Waals surface area contributed by atoms with Gasteiger partial charge in [0.25, 0.3) is 5.56 Å². The molecule has 1 aromatic carbocycles. The molecule has 6 heteroatoms. The van der Waals surface area contributed by atoms with Gasteiger partial charge in [-0.05, 0) is 24.6 Å². The summed E-state index contributed by atoms with van der Waals surface area (Å²) >= 11 is 0. The first-order valence-corrected chi connectivity index (χ1v) is 7.72. The lowest BCUT2D eigenvalue weighted by Crippen LogP contribution is -2.29. The maximum absolute atomic E-state index is 12.6. The zero-order valence-corrected chi connectivity index (χ0v) is 13.3. The molecule has 0 aliphatic carbocycles. The topological polar surface area (TPSA) is 74.1 Å². The summed E-state index contributed by atoms with van der Waals surface area (Å²) in [5.74, 6) is -0.477. The van der Waals surface area contributed by atoms with Crippen molar-refractivity contribution >= 4 is 16.7 Å². The number of hydrogen-bond donors (Lipinski definition) is 0. The highest BCUT2D eigenvalue weighted by molar-refractivity contribution is 5.84. The van der Waals surface area contributed by atoms with Crippen molar-refractivity contribution in [3.05, 3.63) is 70.4 Å². The quantitative estimate of drug-likeness (QED) is 0.671. The van der Waals surface area contributed by atoms with Crippen LogP contribution >= 0.6 is 0 Å². The van der Waals surface area contributed by atoms with Gasteiger partial charge in [-0.1, -0.05) is 24.3 Å². The highest BCUT2D eigenvalue weighted by Gasteiger charge is 2.13. The van der Waals surface area contributed by atoms with E-state index >= 15 is 0 Å². The molecule has 24 heavy (non-hydrogen) atoms. The smallest absolute Gasteiger partial charge is 0.327 e. The third kappa shape index (κ3) is 3.32. The van der Waals surface area contributed by atoms with Crippen molar-refractivity contribution in [3.63, 3.8) is 0 Å². The van der Waals surface area contributed by atoms with E-state index in [1.165, 1.54) is 4.68 Å². The normalized spacial score (nSPS) is 10.7. The number of pyridine rings is 1. The number of fused-ring (bicyclic) bond motifs is 1. The zero-order valence-electron chi connectivity index (χ0n) is 13.3. The van der Waals surface area contributed by atoms with Crippen molar-refractivity contribution in [2.45, 2.75) is 19.9 Å². The second kappa shape index (κ2) is 7.04. The second-order valence-electron chi connectivity index (χ2n) is 5.30. The van der Waals surface area contributed by atoms with Crippen LogP contribution in [-0.2, 0) is 22.5 Å². The summed E-state index contributed by atoms with van der Waals surface area (Å²) in [7, 11) is 0. The van der Waals surface area contributed by atoms with Crippen LogP contribution in [0.25, 0.3) is 10.8 Å². The molecule has 122 valence electrons. The molecule has 0 saturated carbocycles. The van der Waals surface area contributed by atoms with Crippen molar-refractivity contribution in [1.29, 1.82) is 0 Å². The Hall–Kier alpha value is -3.02. The lowest BCUT2D eigenvalue weighted by atomic mass is 10.1. The molecule has 0 bridgehead atoms. The Morgan fingerprint density at radius 1 is 1.17 bits per heavy atom. The number of benzene rings is 1. The minimum atomic E-state index is -0.477. The molecule has 0 N–H and O–H groups in total. The third-order valence-corrected chi connectivity index (χ3v) is 3.62. The Morgan fingerprint density at radius 2 is 1.96 bits per heavy atom. The van der Waals surface area contributed by atoms with Gasteiger partial charge in [0.1, 0.15) is 6.54 Å². The van der Waals surface area contributed by atoms with Crippen LogP contribution in [-0.4, -0.2) is 27.3 Å². The number of rotatable bonds is 5. The van der Waals surface area contributed by atoms with Crippen molar-refractivity contribution < 1.29 is 9.53 Å². The molecule has 0 radical (unpaired) electrons. The molecule has 3 rings (SSSR count). The van der Waals surface area contributed by atoms with E-state index in [4.69, 9.17) is 4.74 Å². The number of aromatic nitrogens is 3. The Morgan fingerprint density at radius 3 is 2.67 bits per heavy atom. The molecule has 0 saturated heterocycles. The van der Waals surface area contributed by atoms with Crippen LogP contribution in [0, 0.1) is 0 Å². The Balaban J connectivity index is 2.08. The van der Waals surface area contributed by atoms with Gasteiger partial charge in [-0.2, -0.15) is 5.10 Å². The van der Waals surface area contributed by atoms with Gasteiger partial charge >= 0.3 is 5.97 Å². The van der Waals surface area contributed by atoms with Gasteiger partial charge in [0.2, 0.25) is 0 Å². The van der Waals surface area contributed by atoms with Crippen LogP contribution in [0.2, 0.25) is 0 Å². The minimum absolute atomic E-state index is 0.197. The third-order valence-electron chi connectivity index (χ3n) is 3.62. The van der Waals surface area contributed by atoms with Crippen LogP contribution in [0.15, 0.2) is 53.6 Å². The summed E-state index contributed by atoms with van der Waals surface area (Å²) in [6, 6.07) is 11.1. The second-order valence-corrected chi connectivity index (χ2v) is 5.30. The molecule has 2 aromatic heterocycles. The predicted octanol–water partition coefficient (Wildman–Crippen LogP) is 1.95. The van der Waals surface area contributed by atoms with E-state index < -0.39 is 5.97 Å². The number of carbonyl (C=O) groups is 1. The molecule has 0 atom stereocenters. The monoisotopic (exact) mass is 323 g/mol. The van der Waals surface area contributed by atoms with Crippen LogP contribution in [0.3, 0.4) is 0 Å². The Labute approximate surface area is 138 Å². The first kappa shape index (κ1) is 15.9. The van der Waals surface area contributed by atoms with Gasteiger partial charge in [0, 0.05) is 24.2 Å². The molecule has 0 fully saturated rings. The number of carbonyl (C=O) groups excluding carboxylic acids is 1. The molecule has 0 amide bonds. The molecule has 2 heterocycles. The number of nitrogens with zero attached hydrogens (tertiary/aromatic N) is 3. The SMILES string of the molecule is CCOC(=O)Cn1nc(Cc2cccnc2)c2ccccc2c1=O. The summed E-state index contributed by atoms with van der Waals surface area (Å²) < 4.78 is 6.10. The first-order chi connectivity index (χ1) is 11.7. The van der Waals surface area contributed by atoms with Gasteiger partial charge in [0.15, 0.2) is 0 Å². The van der Waals surface area contributed by atoms with Crippen molar-refractivity contribution in [1.82, 2.24) is 14.8 Å². The summed E-state index contributed by atoms with van der Waals surface area (Å²) in [6.07, 6.45) is 3.99. The maximum Gasteiger partial charge on any atom is 0.327 e. The summed E-state index contributed by atoms with van der Waals surface area (Å²) in [4.78, 5) is 28.4. The highest BCUT2D eigenvalue weighted by atomic mass is 16.5. The fourth-order valence-electron chi connectivity index (χ4n) is 2.57. The fraction of sp³-hybridized carbons (Fsp3) is 0.222. The number of esters is 1. The highest BCUT2D eigenvalue weighted by Crippen LogP contribution is 2.16. The molecule has 0 aliphatic heterocycles. The first-order valence-electron chi connectivity index (χ1n) is 7.72. The van der Waals surface area contributed by atoms with Gasteiger partial charge in [-0.25, -0.2) is 4.68 Å². The van der Waals surface area contributed by atoms with Gasteiger partial charge in [0.05, 0.1) is 17.7 Å². The van der Waals surface area contributed by atoms with E-state index in [1.54, 1.807) is 31.5 Å². The largest absolute Gasteiger partial charge is 0.465 e. The lowest BCUT2D eigenvalue weighted by Gasteiger charge is -2.10. The van der Waals surface area contributed by atoms with Crippen LogP contribution in [0.1, 0.15) is 18.2 Å². The molecule has 6 nitrogen and oxygen atoms in total. The molecule has 0 spiro atoms. The van der Waals surface area contributed by atoms with Gasteiger partial charge in [-0.15, -0.1) is 0 Å². The maximum atomic E-state index is 12.6. The van der Waals surface area contributed by atoms with Gasteiger partial charge in [-0.3, -0.25) is 14.6 Å². The molecular weight excluding hydrogens is 306 g/mol. The van der Waals surface area contributed by atoms with E-state index in [9.17, 15) is 9.59 Å². The average molecular weight is 323 g/mol. The van der Waals surface area contributed by atoms with E-state index in [1.807, 2.05) is 24.3 Å². The minimum Gasteiger partial charge on any atom is -0.465 e. The van der Waals surface area contributed by atoms with E-state index in [0.717, 1.165) is 16.6 Å². The van der Waals surface area contributed by atoms with Crippen LogP contribution in [0.4, 0.5) is 0 Å². The number of hydrogen-bond acceptors (Lipinski definition) is 5. The predicted molar refractivity (Wildman–Crippen MR) is 89.7 cm³/mol. The lowest BCUT2D eigenvalue weighted by molar-refractivity contribution is -0.144. The fourth-order valence-corrected chi connectivity index (χ4v) is 2.57. The van der Waals surface area contributed by atoms with Crippen LogP contribution in [0.5, 0.6) is 0 Å². The summed E-state index contributed by atoms with van der Waals surface area (Å²) in [6.45, 7) is 1.80.